The van der Waals surface area contributed by atoms with Gasteiger partial charge in [-0.2, -0.15) is 0 Å². The van der Waals surface area contributed by atoms with Crippen LogP contribution in [0.2, 0.25) is 0 Å². The van der Waals surface area contributed by atoms with E-state index in [2.05, 4.69) is 60.7 Å². The van der Waals surface area contributed by atoms with Crippen LogP contribution in [0.4, 0.5) is 0 Å². The number of para-hydroxylation sites is 2. The van der Waals surface area contributed by atoms with E-state index < -0.39 is 0 Å². The van der Waals surface area contributed by atoms with Crippen LogP contribution in [0.5, 0.6) is 23.0 Å². The van der Waals surface area contributed by atoms with Gasteiger partial charge in [0, 0.05) is 5.46 Å². The molecule has 8 rings (SSSR count). The molecule has 1 atom stereocenters. The van der Waals surface area contributed by atoms with E-state index in [-0.39, 0.29) is 6.71 Å². The molecule has 2 bridgehead atoms. The lowest BCUT2D eigenvalue weighted by Gasteiger charge is -2.47. The summed E-state index contributed by atoms with van der Waals surface area (Å²) in [6.45, 7) is 0.188. The van der Waals surface area contributed by atoms with E-state index in [1.54, 1.807) is 0 Å². The number of rotatable bonds is 1. The maximum atomic E-state index is 6.44. The van der Waals surface area contributed by atoms with E-state index in [0.29, 0.717) is 5.92 Å². The summed E-state index contributed by atoms with van der Waals surface area (Å²) in [4.78, 5) is 0. The van der Waals surface area contributed by atoms with Crippen LogP contribution < -0.4 is 25.9 Å². The summed E-state index contributed by atoms with van der Waals surface area (Å²) in [6, 6.07) is 21.6. The van der Waals surface area contributed by atoms with Gasteiger partial charge in [-0.25, -0.2) is 0 Å². The second-order valence-corrected chi connectivity index (χ2v) is 8.92. The zero-order chi connectivity index (χ0) is 18.2. The maximum absolute atomic E-state index is 6.44. The molecule has 28 heavy (non-hydrogen) atoms. The molecule has 2 nitrogen and oxygen atoms in total. The minimum atomic E-state index is 0.188. The molecule has 0 saturated heterocycles. The Kier molecular flexibility index (Phi) is 2.97. The zero-order valence-corrected chi connectivity index (χ0v) is 15.7. The molecule has 0 radical (unpaired) electrons. The molecule has 0 N–H and O–H groups in total. The van der Waals surface area contributed by atoms with Gasteiger partial charge in [-0.05, 0) is 84.2 Å². The average molecular weight is 364 g/mol. The Hall–Kier alpha value is -2.68. The van der Waals surface area contributed by atoms with Crippen molar-refractivity contribution in [1.29, 1.82) is 0 Å². The highest BCUT2D eigenvalue weighted by atomic mass is 16.5. The molecule has 2 heterocycles. The fourth-order valence-corrected chi connectivity index (χ4v) is 6.07. The summed E-state index contributed by atoms with van der Waals surface area (Å²) < 4.78 is 12.9. The van der Waals surface area contributed by atoms with Crippen molar-refractivity contribution < 1.29 is 9.47 Å². The highest BCUT2D eigenvalue weighted by molar-refractivity contribution is 6.98. The van der Waals surface area contributed by atoms with Crippen LogP contribution >= 0.6 is 0 Å². The summed E-state index contributed by atoms with van der Waals surface area (Å²) in [6.07, 6.45) is 5.51. The van der Waals surface area contributed by atoms with Gasteiger partial charge in [0.25, 0.3) is 6.71 Å². The van der Waals surface area contributed by atoms with Crippen molar-refractivity contribution in [1.82, 2.24) is 0 Å². The topological polar surface area (TPSA) is 18.5 Å². The standard InChI is InChI=1S/C25H21BO2/c1-3-7-21-19(5-1)26-20-6-2-4-8-22(20)28-24-14-17(13-23(27-21)25(24)26)18-10-9-15-11-16(18)12-15/h1-8,13-16,18H,9-12H2. The molecule has 3 aliphatic carbocycles. The van der Waals surface area contributed by atoms with Crippen LogP contribution in [-0.4, -0.2) is 6.71 Å². The molecular formula is C25H21BO2. The number of benzene rings is 3. The fraction of sp³-hybridized carbons (Fsp3) is 0.280. The molecule has 3 saturated carbocycles. The molecule has 5 aliphatic rings. The van der Waals surface area contributed by atoms with Gasteiger partial charge >= 0.3 is 0 Å². The molecule has 0 aromatic heterocycles. The molecule has 0 spiro atoms. The van der Waals surface area contributed by atoms with Crippen LogP contribution in [0.1, 0.15) is 37.2 Å². The lowest BCUT2D eigenvalue weighted by Crippen LogP contribution is -2.57. The lowest BCUT2D eigenvalue weighted by atomic mass is 9.35. The van der Waals surface area contributed by atoms with Crippen molar-refractivity contribution >= 4 is 23.1 Å². The van der Waals surface area contributed by atoms with Gasteiger partial charge in [0.05, 0.1) is 0 Å². The van der Waals surface area contributed by atoms with Crippen molar-refractivity contribution in [2.45, 2.75) is 31.6 Å². The number of fused-ring (bicyclic) bond motifs is 6. The summed E-state index contributed by atoms with van der Waals surface area (Å²) in [5.41, 5.74) is 5.08. The van der Waals surface area contributed by atoms with Crippen molar-refractivity contribution in [3.05, 3.63) is 66.2 Å². The van der Waals surface area contributed by atoms with Gasteiger partial charge < -0.3 is 9.47 Å². The van der Waals surface area contributed by atoms with Gasteiger partial charge in [-0.3, -0.25) is 0 Å². The highest BCUT2D eigenvalue weighted by Gasteiger charge is 2.43. The second-order valence-electron chi connectivity index (χ2n) is 8.92. The minimum Gasteiger partial charge on any atom is -0.458 e. The first-order valence-electron chi connectivity index (χ1n) is 10.6. The van der Waals surface area contributed by atoms with Gasteiger partial charge in [0.15, 0.2) is 0 Å². The van der Waals surface area contributed by atoms with Crippen molar-refractivity contribution in [3.8, 4) is 23.0 Å². The van der Waals surface area contributed by atoms with E-state index in [1.807, 2.05) is 0 Å². The van der Waals surface area contributed by atoms with Crippen LogP contribution in [0.15, 0.2) is 60.7 Å². The Labute approximate surface area is 165 Å². The Morgan fingerprint density at radius 3 is 1.89 bits per heavy atom. The van der Waals surface area contributed by atoms with Gasteiger partial charge in [0.1, 0.15) is 23.0 Å². The lowest BCUT2D eigenvalue weighted by molar-refractivity contribution is 0.0888. The first kappa shape index (κ1) is 15.3. The van der Waals surface area contributed by atoms with Crippen LogP contribution in [0, 0.1) is 11.8 Å². The molecular weight excluding hydrogens is 343 g/mol. The molecule has 3 fully saturated rings. The van der Waals surface area contributed by atoms with E-state index in [1.165, 1.54) is 47.6 Å². The fourth-order valence-electron chi connectivity index (χ4n) is 6.07. The van der Waals surface area contributed by atoms with Crippen molar-refractivity contribution in [2.75, 3.05) is 0 Å². The molecule has 0 amide bonds. The molecule has 1 unspecified atom stereocenters. The van der Waals surface area contributed by atoms with E-state index in [9.17, 15) is 0 Å². The highest BCUT2D eigenvalue weighted by Crippen LogP contribution is 2.54. The van der Waals surface area contributed by atoms with Crippen molar-refractivity contribution in [2.24, 2.45) is 11.8 Å². The largest absolute Gasteiger partial charge is 0.458 e. The number of hydrogen-bond acceptors (Lipinski definition) is 2. The average Bonchev–Trinajstić information content (AvgIpc) is 2.72. The Balaban J connectivity index is 1.44. The first-order valence-corrected chi connectivity index (χ1v) is 10.6. The van der Waals surface area contributed by atoms with E-state index in [4.69, 9.17) is 9.47 Å². The van der Waals surface area contributed by atoms with Crippen LogP contribution in [0.25, 0.3) is 0 Å². The molecule has 3 aromatic carbocycles. The van der Waals surface area contributed by atoms with Crippen molar-refractivity contribution in [3.63, 3.8) is 0 Å². The predicted octanol–water partition coefficient (Wildman–Crippen LogP) is 4.32. The number of hydrogen-bond donors (Lipinski definition) is 0. The zero-order valence-electron chi connectivity index (χ0n) is 15.7. The van der Waals surface area contributed by atoms with E-state index >= 15 is 0 Å². The minimum absolute atomic E-state index is 0.188. The van der Waals surface area contributed by atoms with E-state index in [0.717, 1.165) is 34.8 Å². The monoisotopic (exact) mass is 364 g/mol. The summed E-state index contributed by atoms with van der Waals surface area (Å²) >= 11 is 0. The SMILES string of the molecule is c1ccc2c(c1)Oc1cc(C3CCC4CC3C4)cc3c1B2c1ccccc1O3. The Bertz CT molecular complexity index is 1040. The Morgan fingerprint density at radius 1 is 0.714 bits per heavy atom. The summed E-state index contributed by atoms with van der Waals surface area (Å²) in [7, 11) is 0. The third kappa shape index (κ3) is 2.00. The quantitative estimate of drug-likeness (QED) is 0.413. The number of ether oxygens (including phenoxy) is 2. The van der Waals surface area contributed by atoms with Crippen LogP contribution in [-0.2, 0) is 0 Å². The third-order valence-electron chi connectivity index (χ3n) is 7.47. The van der Waals surface area contributed by atoms with Gasteiger partial charge in [0.2, 0.25) is 0 Å². The summed E-state index contributed by atoms with van der Waals surface area (Å²) in [5.74, 6) is 6.45. The summed E-state index contributed by atoms with van der Waals surface area (Å²) in [5, 5.41) is 0. The van der Waals surface area contributed by atoms with Gasteiger partial charge in [-0.15, -0.1) is 0 Å². The normalized spacial score (nSPS) is 25.4. The molecule has 136 valence electrons. The predicted molar refractivity (Wildman–Crippen MR) is 112 cm³/mol. The smallest absolute Gasteiger partial charge is 0.260 e. The third-order valence-corrected chi connectivity index (χ3v) is 7.47. The first-order chi connectivity index (χ1) is 13.8. The Morgan fingerprint density at radius 2 is 1.32 bits per heavy atom. The molecule has 3 heteroatoms. The molecule has 3 aromatic rings. The molecule has 2 aliphatic heterocycles. The maximum Gasteiger partial charge on any atom is 0.260 e. The van der Waals surface area contributed by atoms with Gasteiger partial charge in [-0.1, -0.05) is 36.4 Å². The second kappa shape index (κ2) is 5.44. The van der Waals surface area contributed by atoms with Crippen LogP contribution in [0.3, 0.4) is 0 Å².